The third-order valence-electron chi connectivity index (χ3n) is 4.09. The van der Waals surface area contributed by atoms with E-state index in [0.717, 1.165) is 27.7 Å². The monoisotopic (exact) mass is 445 g/mol. The van der Waals surface area contributed by atoms with Gasteiger partial charge < -0.3 is 4.18 Å². The van der Waals surface area contributed by atoms with Crippen LogP contribution >= 0.6 is 28.3 Å². The van der Waals surface area contributed by atoms with Gasteiger partial charge in [0.25, 0.3) is 11.4 Å². The van der Waals surface area contributed by atoms with Crippen molar-refractivity contribution < 1.29 is 8.37 Å². The Morgan fingerprint density at radius 3 is 2.89 bits per heavy atom. The lowest BCUT2D eigenvalue weighted by Gasteiger charge is -2.08. The highest BCUT2D eigenvalue weighted by atomic mass is 79.9. The molecule has 0 spiro atoms. The van der Waals surface area contributed by atoms with Gasteiger partial charge in [-0.25, -0.2) is 4.98 Å². The summed E-state index contributed by atoms with van der Waals surface area (Å²) in [5, 5.41) is 1.53. The Morgan fingerprint density at radius 2 is 2.07 bits per heavy atom. The van der Waals surface area contributed by atoms with Gasteiger partial charge >= 0.3 is 0 Å². The molecule has 0 amide bonds. The summed E-state index contributed by atoms with van der Waals surface area (Å²) in [6.45, 7) is 4.37. The Balaban J connectivity index is 1.94. The molecule has 4 rings (SSSR count). The summed E-state index contributed by atoms with van der Waals surface area (Å²) < 4.78 is 15.1. The molecule has 0 saturated carbocycles. The number of imidazole rings is 1. The van der Waals surface area contributed by atoms with Crippen molar-refractivity contribution >= 4 is 44.7 Å². The number of aryl methyl sites for hydroxylation is 1. The zero-order chi connectivity index (χ0) is 19.0. The molecular weight excluding hydrogens is 430 g/mol. The predicted octanol–water partition coefficient (Wildman–Crippen LogP) is 4.69. The minimum Gasteiger partial charge on any atom is -0.377 e. The standard InChI is InChI=1S/C19H16BrN3O3S/c1-3-25-27-26-19-17(21-16-7-5-14(20)11-23(16)19)22-9-8-13-10-12(2)4-6-15(13)18(22)24/h4-11H,3H2,1-2H3. The first-order valence-corrected chi connectivity index (χ1v) is 9.80. The first-order chi connectivity index (χ1) is 13.1. The molecule has 0 radical (unpaired) electrons. The van der Waals surface area contributed by atoms with Gasteiger partial charge in [-0.3, -0.25) is 17.9 Å². The van der Waals surface area contributed by atoms with Crippen molar-refractivity contribution in [3.63, 3.8) is 0 Å². The lowest BCUT2D eigenvalue weighted by molar-refractivity contribution is 0.366. The molecule has 0 saturated heterocycles. The molecular formula is C19H16BrN3O3S. The SMILES string of the molecule is CCOSOc1c(-n2ccc3cc(C)ccc3c2=O)nc2ccc(Br)cn12. The summed E-state index contributed by atoms with van der Waals surface area (Å²) in [5.74, 6) is 0.825. The molecule has 0 aliphatic heterocycles. The second-order valence-electron chi connectivity index (χ2n) is 5.96. The van der Waals surface area contributed by atoms with E-state index in [2.05, 4.69) is 20.9 Å². The fourth-order valence-corrected chi connectivity index (χ4v) is 3.56. The van der Waals surface area contributed by atoms with Crippen molar-refractivity contribution in [3.8, 4) is 11.7 Å². The van der Waals surface area contributed by atoms with Gasteiger partial charge in [0.1, 0.15) is 5.65 Å². The first-order valence-electron chi connectivity index (χ1n) is 8.34. The van der Waals surface area contributed by atoms with E-state index in [4.69, 9.17) is 8.37 Å². The first kappa shape index (κ1) is 18.1. The summed E-state index contributed by atoms with van der Waals surface area (Å²) in [6.07, 6.45) is 3.56. The minimum atomic E-state index is -0.152. The zero-order valence-corrected chi connectivity index (χ0v) is 17.1. The third-order valence-corrected chi connectivity index (χ3v) is 5.11. The summed E-state index contributed by atoms with van der Waals surface area (Å²) in [4.78, 5) is 17.7. The number of nitrogens with zero attached hydrogens (tertiary/aromatic N) is 3. The van der Waals surface area contributed by atoms with Crippen LogP contribution in [-0.4, -0.2) is 20.6 Å². The van der Waals surface area contributed by atoms with Crippen LogP contribution < -0.4 is 9.74 Å². The number of benzene rings is 1. The fourth-order valence-electron chi connectivity index (χ4n) is 2.86. The van der Waals surface area contributed by atoms with Crippen LogP contribution in [0.15, 0.2) is 58.1 Å². The highest BCUT2D eigenvalue weighted by Crippen LogP contribution is 2.29. The van der Waals surface area contributed by atoms with Crippen LogP contribution in [0.2, 0.25) is 0 Å². The Labute approximate surface area is 168 Å². The molecule has 27 heavy (non-hydrogen) atoms. The molecule has 0 fully saturated rings. The van der Waals surface area contributed by atoms with E-state index in [0.29, 0.717) is 29.3 Å². The van der Waals surface area contributed by atoms with E-state index >= 15 is 0 Å². The second-order valence-corrected chi connectivity index (χ2v) is 7.41. The van der Waals surface area contributed by atoms with Crippen LogP contribution in [0.3, 0.4) is 0 Å². The van der Waals surface area contributed by atoms with Crippen LogP contribution in [-0.2, 0) is 4.18 Å². The molecule has 3 aromatic heterocycles. The number of aromatic nitrogens is 3. The van der Waals surface area contributed by atoms with Gasteiger partial charge in [-0.2, -0.15) is 0 Å². The van der Waals surface area contributed by atoms with E-state index in [1.54, 1.807) is 10.6 Å². The van der Waals surface area contributed by atoms with E-state index in [9.17, 15) is 4.79 Å². The quantitative estimate of drug-likeness (QED) is 0.329. The van der Waals surface area contributed by atoms with Gasteiger partial charge in [0.15, 0.2) is 0 Å². The molecule has 0 aliphatic carbocycles. The third kappa shape index (κ3) is 3.36. The molecule has 0 aliphatic rings. The Bertz CT molecular complexity index is 1200. The van der Waals surface area contributed by atoms with E-state index in [-0.39, 0.29) is 5.56 Å². The van der Waals surface area contributed by atoms with Gasteiger partial charge in [0, 0.05) is 22.3 Å². The molecule has 138 valence electrons. The summed E-state index contributed by atoms with van der Waals surface area (Å²) in [5.41, 5.74) is 1.62. The van der Waals surface area contributed by atoms with Crippen molar-refractivity contribution in [1.82, 2.24) is 14.0 Å². The van der Waals surface area contributed by atoms with E-state index < -0.39 is 0 Å². The van der Waals surface area contributed by atoms with Crippen molar-refractivity contribution in [2.24, 2.45) is 0 Å². The maximum absolute atomic E-state index is 13.1. The highest BCUT2D eigenvalue weighted by molar-refractivity contribution is 9.10. The van der Waals surface area contributed by atoms with Crippen LogP contribution in [0.5, 0.6) is 5.88 Å². The second kappa shape index (κ2) is 7.38. The number of halogens is 1. The lowest BCUT2D eigenvalue weighted by atomic mass is 10.1. The molecule has 4 aromatic rings. The predicted molar refractivity (Wildman–Crippen MR) is 111 cm³/mol. The summed E-state index contributed by atoms with van der Waals surface area (Å²) in [6, 6.07) is 11.4. The van der Waals surface area contributed by atoms with Crippen LogP contribution in [0.4, 0.5) is 0 Å². The highest BCUT2D eigenvalue weighted by Gasteiger charge is 2.19. The van der Waals surface area contributed by atoms with Gasteiger partial charge in [0.2, 0.25) is 18.1 Å². The minimum absolute atomic E-state index is 0.152. The van der Waals surface area contributed by atoms with Crippen molar-refractivity contribution in [2.75, 3.05) is 6.61 Å². The molecule has 0 N–H and O–H groups in total. The van der Waals surface area contributed by atoms with E-state index in [1.165, 1.54) is 4.57 Å². The Hall–Kier alpha value is -2.29. The van der Waals surface area contributed by atoms with E-state index in [1.807, 2.05) is 56.4 Å². The summed E-state index contributed by atoms with van der Waals surface area (Å²) in [7, 11) is 0. The Morgan fingerprint density at radius 1 is 1.22 bits per heavy atom. The van der Waals surface area contributed by atoms with Gasteiger partial charge in [0.05, 0.1) is 6.61 Å². The largest absolute Gasteiger partial charge is 0.377 e. The fraction of sp³-hybridized carbons (Fsp3) is 0.158. The van der Waals surface area contributed by atoms with Crippen molar-refractivity contribution in [3.05, 3.63) is 69.2 Å². The number of hydrogen-bond acceptors (Lipinski definition) is 5. The molecule has 0 atom stereocenters. The normalized spacial score (nSPS) is 11.4. The van der Waals surface area contributed by atoms with Gasteiger partial charge in [-0.15, -0.1) is 0 Å². The van der Waals surface area contributed by atoms with Crippen molar-refractivity contribution in [2.45, 2.75) is 13.8 Å². The smallest absolute Gasteiger partial charge is 0.264 e. The maximum Gasteiger partial charge on any atom is 0.264 e. The van der Waals surface area contributed by atoms with Gasteiger partial charge in [-0.1, -0.05) is 17.7 Å². The number of hydrogen-bond donors (Lipinski definition) is 0. The summed E-state index contributed by atoms with van der Waals surface area (Å²) >= 11 is 4.32. The van der Waals surface area contributed by atoms with Crippen LogP contribution in [0.1, 0.15) is 12.5 Å². The molecule has 6 nitrogen and oxygen atoms in total. The Kier molecular flexibility index (Phi) is 4.94. The average molecular weight is 446 g/mol. The lowest BCUT2D eigenvalue weighted by Crippen LogP contribution is -2.18. The topological polar surface area (TPSA) is 57.8 Å². The zero-order valence-electron chi connectivity index (χ0n) is 14.7. The number of fused-ring (bicyclic) bond motifs is 2. The number of pyridine rings is 2. The average Bonchev–Trinajstić information content (AvgIpc) is 3.00. The molecule has 0 bridgehead atoms. The molecule has 0 unspecified atom stereocenters. The molecule has 8 heteroatoms. The number of rotatable bonds is 5. The van der Waals surface area contributed by atoms with Crippen LogP contribution in [0.25, 0.3) is 22.2 Å². The van der Waals surface area contributed by atoms with Gasteiger partial charge in [-0.05, 0) is 59.4 Å². The maximum atomic E-state index is 13.1. The van der Waals surface area contributed by atoms with Crippen molar-refractivity contribution in [1.29, 1.82) is 0 Å². The molecule has 3 heterocycles. The van der Waals surface area contributed by atoms with Crippen LogP contribution in [0, 0.1) is 6.92 Å². The molecule has 1 aromatic carbocycles.